The highest BCUT2D eigenvalue weighted by Crippen LogP contribution is 2.37. The highest BCUT2D eigenvalue weighted by molar-refractivity contribution is 7.80. The lowest BCUT2D eigenvalue weighted by atomic mass is 10.00. The molecule has 0 aromatic heterocycles. The Morgan fingerprint density at radius 3 is 2.81 bits per heavy atom. The van der Waals surface area contributed by atoms with Crippen LogP contribution in [0.2, 0.25) is 0 Å². The van der Waals surface area contributed by atoms with Crippen molar-refractivity contribution in [2.24, 2.45) is 0 Å². The van der Waals surface area contributed by atoms with Crippen LogP contribution in [0, 0.1) is 0 Å². The van der Waals surface area contributed by atoms with E-state index in [1.54, 1.807) is 14.1 Å². The number of amides is 1. The molecule has 0 aliphatic carbocycles. The number of rotatable bonds is 1. The molecule has 108 valence electrons. The van der Waals surface area contributed by atoms with E-state index in [2.05, 4.69) is 10.6 Å². The fourth-order valence-corrected chi connectivity index (χ4v) is 2.59. The van der Waals surface area contributed by atoms with E-state index in [4.69, 9.17) is 17.0 Å². The quantitative estimate of drug-likeness (QED) is 0.792. The topological polar surface area (TPSA) is 53.6 Å². The van der Waals surface area contributed by atoms with Gasteiger partial charge in [0.2, 0.25) is 0 Å². The summed E-state index contributed by atoms with van der Waals surface area (Å²) < 4.78 is 5.38. The van der Waals surface area contributed by atoms with Gasteiger partial charge in [-0.3, -0.25) is 4.90 Å². The van der Waals surface area contributed by atoms with E-state index >= 15 is 0 Å². The first-order chi connectivity index (χ1) is 10.1. The summed E-state index contributed by atoms with van der Waals surface area (Å²) in [4.78, 5) is 13.5. The first kappa shape index (κ1) is 13.6. The average molecular weight is 301 g/mol. The number of hydrogen-bond acceptors (Lipinski definition) is 3. The molecule has 2 N–H and O–H groups in total. The summed E-state index contributed by atoms with van der Waals surface area (Å²) in [6.45, 7) is 0. The van der Waals surface area contributed by atoms with Gasteiger partial charge in [-0.05, 0) is 29.1 Å². The Balaban J connectivity index is 2.19. The number of benzene rings is 2. The molecule has 1 aliphatic heterocycles. The van der Waals surface area contributed by atoms with Gasteiger partial charge in [0.05, 0.1) is 0 Å². The van der Waals surface area contributed by atoms with Crippen molar-refractivity contribution in [1.82, 2.24) is 15.5 Å². The van der Waals surface area contributed by atoms with Crippen LogP contribution >= 0.6 is 12.2 Å². The Kier molecular flexibility index (Phi) is 3.39. The smallest absolute Gasteiger partial charge is 0.410 e. The Hall–Kier alpha value is -2.34. The Labute approximate surface area is 127 Å². The molecule has 1 amide bonds. The molecule has 21 heavy (non-hydrogen) atoms. The van der Waals surface area contributed by atoms with Crippen LogP contribution in [0.25, 0.3) is 10.8 Å². The van der Waals surface area contributed by atoms with Gasteiger partial charge in [-0.15, -0.1) is 0 Å². The standard InChI is InChI=1S/C15H15N3O2S/c1-16-14(21)17-13-12-10-6-4-3-5-9(10)7-8-11(12)20-15(19)18(13)2/h3-8,13H,1-2H3,(H2,16,17,21). The summed E-state index contributed by atoms with van der Waals surface area (Å²) in [7, 11) is 3.42. The number of ether oxygens (including phenoxy) is 1. The number of carbonyl (C=O) groups excluding carboxylic acids is 1. The molecule has 1 aliphatic rings. The molecule has 0 bridgehead atoms. The zero-order valence-corrected chi connectivity index (χ0v) is 12.5. The minimum Gasteiger partial charge on any atom is -0.410 e. The van der Waals surface area contributed by atoms with Crippen LogP contribution in [0.3, 0.4) is 0 Å². The molecule has 3 rings (SSSR count). The maximum absolute atomic E-state index is 12.0. The highest BCUT2D eigenvalue weighted by atomic mass is 32.1. The van der Waals surface area contributed by atoms with Crippen molar-refractivity contribution < 1.29 is 9.53 Å². The van der Waals surface area contributed by atoms with E-state index < -0.39 is 6.09 Å². The van der Waals surface area contributed by atoms with Crippen molar-refractivity contribution >= 4 is 34.2 Å². The van der Waals surface area contributed by atoms with E-state index in [9.17, 15) is 4.79 Å². The van der Waals surface area contributed by atoms with Crippen molar-refractivity contribution in [2.75, 3.05) is 14.1 Å². The fourth-order valence-electron chi connectivity index (χ4n) is 2.48. The summed E-state index contributed by atoms with van der Waals surface area (Å²) in [6.07, 6.45) is -0.776. The number of fused-ring (bicyclic) bond motifs is 3. The molecule has 2 aromatic rings. The lowest BCUT2D eigenvalue weighted by molar-refractivity contribution is 0.128. The van der Waals surface area contributed by atoms with E-state index in [1.165, 1.54) is 4.90 Å². The van der Waals surface area contributed by atoms with Crippen LogP contribution in [0.15, 0.2) is 36.4 Å². The molecule has 5 nitrogen and oxygen atoms in total. The summed E-state index contributed by atoms with van der Waals surface area (Å²) >= 11 is 5.18. The number of thiocarbonyl (C=S) groups is 1. The molecule has 6 heteroatoms. The minimum absolute atomic E-state index is 0.368. The molecule has 1 heterocycles. The molecule has 2 aromatic carbocycles. The van der Waals surface area contributed by atoms with Crippen LogP contribution in [0.1, 0.15) is 11.7 Å². The molecular weight excluding hydrogens is 286 g/mol. The monoisotopic (exact) mass is 301 g/mol. The molecule has 1 atom stereocenters. The third kappa shape index (κ3) is 2.27. The lowest BCUT2D eigenvalue weighted by Gasteiger charge is -2.35. The molecule has 1 unspecified atom stereocenters. The zero-order valence-electron chi connectivity index (χ0n) is 11.7. The van der Waals surface area contributed by atoms with Gasteiger partial charge >= 0.3 is 6.09 Å². The Bertz CT molecular complexity index is 732. The van der Waals surface area contributed by atoms with E-state index in [0.717, 1.165) is 16.3 Å². The first-order valence-corrected chi connectivity index (χ1v) is 6.97. The molecule has 0 fully saturated rings. The van der Waals surface area contributed by atoms with Crippen molar-refractivity contribution in [1.29, 1.82) is 0 Å². The SMILES string of the molecule is CNC(=S)NC1c2c(ccc3ccccc23)OC(=O)N1C. The van der Waals surface area contributed by atoms with Crippen molar-refractivity contribution in [3.63, 3.8) is 0 Å². The normalized spacial score (nSPS) is 17.1. The van der Waals surface area contributed by atoms with Gasteiger partial charge in [-0.1, -0.05) is 30.3 Å². The zero-order chi connectivity index (χ0) is 15.0. The van der Waals surface area contributed by atoms with Gasteiger partial charge in [0.1, 0.15) is 11.9 Å². The first-order valence-electron chi connectivity index (χ1n) is 6.56. The maximum atomic E-state index is 12.0. The van der Waals surface area contributed by atoms with Crippen LogP contribution in [-0.4, -0.2) is 30.2 Å². The molecule has 0 saturated heterocycles. The summed E-state index contributed by atoms with van der Waals surface area (Å²) in [5.41, 5.74) is 0.910. The number of hydrogen-bond donors (Lipinski definition) is 2. The van der Waals surface area contributed by atoms with Gasteiger partial charge in [-0.25, -0.2) is 4.79 Å². The fraction of sp³-hybridized carbons (Fsp3) is 0.200. The van der Waals surface area contributed by atoms with Crippen LogP contribution in [0.4, 0.5) is 4.79 Å². The predicted octanol–water partition coefficient (Wildman–Crippen LogP) is 2.38. The summed E-state index contributed by atoms with van der Waals surface area (Å²) in [5, 5.41) is 8.60. The Morgan fingerprint density at radius 2 is 2.05 bits per heavy atom. The van der Waals surface area contributed by atoms with E-state index in [-0.39, 0.29) is 6.17 Å². The predicted molar refractivity (Wildman–Crippen MR) is 85.3 cm³/mol. The minimum atomic E-state index is -0.408. The van der Waals surface area contributed by atoms with Gasteiger partial charge < -0.3 is 15.4 Å². The third-order valence-corrected chi connectivity index (χ3v) is 3.89. The molecule has 0 spiro atoms. The number of nitrogens with zero attached hydrogens (tertiary/aromatic N) is 1. The van der Waals surface area contributed by atoms with Crippen LogP contribution < -0.4 is 15.4 Å². The van der Waals surface area contributed by atoms with Crippen molar-refractivity contribution in [3.05, 3.63) is 42.0 Å². The number of nitrogens with one attached hydrogen (secondary N) is 2. The highest BCUT2D eigenvalue weighted by Gasteiger charge is 2.33. The molecule has 0 radical (unpaired) electrons. The van der Waals surface area contributed by atoms with Crippen LogP contribution in [0.5, 0.6) is 5.75 Å². The second-order valence-corrected chi connectivity index (χ2v) is 5.21. The van der Waals surface area contributed by atoms with Gasteiger partial charge in [0.15, 0.2) is 5.11 Å². The second-order valence-electron chi connectivity index (χ2n) is 4.80. The third-order valence-electron chi connectivity index (χ3n) is 3.57. The second kappa shape index (κ2) is 5.21. The maximum Gasteiger partial charge on any atom is 0.416 e. The van der Waals surface area contributed by atoms with Gasteiger partial charge in [-0.2, -0.15) is 0 Å². The average Bonchev–Trinajstić information content (AvgIpc) is 2.51. The van der Waals surface area contributed by atoms with E-state index in [1.807, 2.05) is 36.4 Å². The number of carbonyl (C=O) groups is 1. The van der Waals surface area contributed by atoms with Crippen LogP contribution in [-0.2, 0) is 0 Å². The van der Waals surface area contributed by atoms with Crippen molar-refractivity contribution in [2.45, 2.75) is 6.17 Å². The largest absolute Gasteiger partial charge is 0.416 e. The lowest BCUT2D eigenvalue weighted by Crippen LogP contribution is -2.48. The van der Waals surface area contributed by atoms with E-state index in [0.29, 0.717) is 10.9 Å². The van der Waals surface area contributed by atoms with Gasteiger partial charge in [0, 0.05) is 19.7 Å². The summed E-state index contributed by atoms with van der Waals surface area (Å²) in [5.74, 6) is 0.563. The van der Waals surface area contributed by atoms with Gasteiger partial charge in [0.25, 0.3) is 0 Å². The molecule has 0 saturated carbocycles. The Morgan fingerprint density at radius 1 is 1.29 bits per heavy atom. The summed E-state index contributed by atoms with van der Waals surface area (Å²) in [6, 6.07) is 11.7. The molecular formula is C15H15N3O2S. The van der Waals surface area contributed by atoms with Crippen molar-refractivity contribution in [3.8, 4) is 5.75 Å².